The third kappa shape index (κ3) is 3.09. The molecule has 98 valence electrons. The van der Waals surface area contributed by atoms with E-state index < -0.39 is 0 Å². The molecule has 0 spiro atoms. The number of nitrogens with one attached hydrogen (secondary N) is 1. The smallest absolute Gasteiger partial charge is 0.337 e. The Morgan fingerprint density at radius 2 is 1.94 bits per heavy atom. The first-order chi connectivity index (χ1) is 8.72. The number of carbonyl (C=O) groups excluding carboxylic acids is 1. The number of hydrogen-bond donors (Lipinski definition) is 1. The molecule has 1 fully saturated rings. The molecule has 1 saturated carbocycles. The molecule has 0 bridgehead atoms. The zero-order valence-electron chi connectivity index (χ0n) is 10.8. The van der Waals surface area contributed by atoms with Gasteiger partial charge in [0.15, 0.2) is 0 Å². The largest absolute Gasteiger partial charge is 0.465 e. The van der Waals surface area contributed by atoms with E-state index in [1.807, 2.05) is 12.1 Å². The summed E-state index contributed by atoms with van der Waals surface area (Å²) < 4.78 is 9.89. The summed E-state index contributed by atoms with van der Waals surface area (Å²) in [5, 5.41) is 3.47. The van der Waals surface area contributed by atoms with Crippen LogP contribution in [0.15, 0.2) is 24.3 Å². The average molecular weight is 249 g/mol. The maximum absolute atomic E-state index is 11.3. The van der Waals surface area contributed by atoms with Crippen LogP contribution in [-0.2, 0) is 16.0 Å². The molecule has 0 atom stereocenters. The summed E-state index contributed by atoms with van der Waals surface area (Å²) in [7, 11) is 3.15. The van der Waals surface area contributed by atoms with Crippen molar-refractivity contribution in [3.63, 3.8) is 0 Å². The summed E-state index contributed by atoms with van der Waals surface area (Å²) >= 11 is 0. The lowest BCUT2D eigenvalue weighted by Crippen LogP contribution is -2.44. The van der Waals surface area contributed by atoms with E-state index in [0.717, 1.165) is 19.4 Å². The Kier molecular flexibility index (Phi) is 4.33. The summed E-state index contributed by atoms with van der Waals surface area (Å²) in [6, 6.07) is 8.04. The van der Waals surface area contributed by atoms with E-state index in [2.05, 4.69) is 10.1 Å². The summed E-state index contributed by atoms with van der Waals surface area (Å²) in [5.41, 5.74) is 1.76. The standard InChI is InChI=1S/C14H19NO3/c1-17-13-7-12(8-13)15-9-10-3-5-11(6-4-10)14(16)18-2/h3-6,12-13,15H,7-9H2,1-2H3. The molecule has 0 aliphatic heterocycles. The minimum absolute atomic E-state index is 0.295. The third-order valence-electron chi connectivity index (χ3n) is 3.40. The quantitative estimate of drug-likeness (QED) is 0.807. The van der Waals surface area contributed by atoms with Crippen molar-refractivity contribution >= 4 is 5.97 Å². The van der Waals surface area contributed by atoms with Crippen molar-refractivity contribution in [2.45, 2.75) is 31.5 Å². The second-order valence-electron chi connectivity index (χ2n) is 4.60. The van der Waals surface area contributed by atoms with Gasteiger partial charge < -0.3 is 14.8 Å². The van der Waals surface area contributed by atoms with Crippen LogP contribution in [0.25, 0.3) is 0 Å². The number of rotatable bonds is 5. The fraction of sp³-hybridized carbons (Fsp3) is 0.500. The number of carbonyl (C=O) groups is 1. The topological polar surface area (TPSA) is 47.6 Å². The van der Waals surface area contributed by atoms with Gasteiger partial charge in [0.1, 0.15) is 0 Å². The molecule has 4 heteroatoms. The number of benzene rings is 1. The third-order valence-corrected chi connectivity index (χ3v) is 3.40. The van der Waals surface area contributed by atoms with E-state index >= 15 is 0 Å². The highest BCUT2D eigenvalue weighted by molar-refractivity contribution is 5.89. The molecule has 0 heterocycles. The molecular weight excluding hydrogens is 230 g/mol. The van der Waals surface area contributed by atoms with Crippen molar-refractivity contribution in [3.8, 4) is 0 Å². The predicted molar refractivity (Wildman–Crippen MR) is 68.4 cm³/mol. The van der Waals surface area contributed by atoms with Crippen molar-refractivity contribution in [2.75, 3.05) is 14.2 Å². The molecule has 1 aliphatic carbocycles. The van der Waals surface area contributed by atoms with E-state index in [-0.39, 0.29) is 5.97 Å². The lowest BCUT2D eigenvalue weighted by Gasteiger charge is -2.34. The van der Waals surface area contributed by atoms with Gasteiger partial charge in [-0.2, -0.15) is 0 Å². The van der Waals surface area contributed by atoms with Gasteiger partial charge in [0.2, 0.25) is 0 Å². The fourth-order valence-corrected chi connectivity index (χ4v) is 2.06. The highest BCUT2D eigenvalue weighted by Gasteiger charge is 2.28. The Morgan fingerprint density at radius 3 is 2.50 bits per heavy atom. The molecule has 1 aromatic rings. The number of esters is 1. The highest BCUT2D eigenvalue weighted by Crippen LogP contribution is 2.22. The SMILES string of the molecule is COC(=O)c1ccc(CNC2CC(OC)C2)cc1. The number of methoxy groups -OCH3 is 2. The van der Waals surface area contributed by atoms with E-state index in [4.69, 9.17) is 4.74 Å². The minimum Gasteiger partial charge on any atom is -0.465 e. The normalized spacial score (nSPS) is 22.3. The van der Waals surface area contributed by atoms with Gasteiger partial charge in [-0.25, -0.2) is 4.79 Å². The average Bonchev–Trinajstić information content (AvgIpc) is 2.37. The van der Waals surface area contributed by atoms with Crippen LogP contribution < -0.4 is 5.32 Å². The van der Waals surface area contributed by atoms with Crippen molar-refractivity contribution in [2.24, 2.45) is 0 Å². The van der Waals surface area contributed by atoms with Gasteiger partial charge in [0.05, 0.1) is 18.8 Å². The van der Waals surface area contributed by atoms with Crippen molar-refractivity contribution in [1.82, 2.24) is 5.32 Å². The molecule has 1 N–H and O–H groups in total. The highest BCUT2D eigenvalue weighted by atomic mass is 16.5. The Morgan fingerprint density at radius 1 is 1.28 bits per heavy atom. The predicted octanol–water partition coefficient (Wildman–Crippen LogP) is 1.74. The molecule has 1 aliphatic rings. The molecular formula is C14H19NO3. The Labute approximate surface area is 107 Å². The lowest BCUT2D eigenvalue weighted by atomic mass is 9.89. The molecule has 0 saturated heterocycles. The summed E-state index contributed by atoms with van der Waals surface area (Å²) in [6.07, 6.45) is 2.58. The van der Waals surface area contributed by atoms with Gasteiger partial charge in [-0.3, -0.25) is 0 Å². The number of hydrogen-bond acceptors (Lipinski definition) is 4. The van der Waals surface area contributed by atoms with Crippen molar-refractivity contribution in [3.05, 3.63) is 35.4 Å². The molecule has 0 aromatic heterocycles. The maximum Gasteiger partial charge on any atom is 0.337 e. The summed E-state index contributed by atoms with van der Waals surface area (Å²) in [6.45, 7) is 0.822. The second kappa shape index (κ2) is 5.98. The van der Waals surface area contributed by atoms with Crippen LogP contribution in [0.4, 0.5) is 0 Å². The summed E-state index contributed by atoms with van der Waals surface area (Å²) in [4.78, 5) is 11.3. The van der Waals surface area contributed by atoms with Gasteiger partial charge in [-0.05, 0) is 30.5 Å². The zero-order valence-corrected chi connectivity index (χ0v) is 10.8. The van der Waals surface area contributed by atoms with E-state index in [1.165, 1.54) is 12.7 Å². The van der Waals surface area contributed by atoms with E-state index in [0.29, 0.717) is 17.7 Å². The van der Waals surface area contributed by atoms with Crippen LogP contribution in [0.2, 0.25) is 0 Å². The molecule has 0 amide bonds. The van der Waals surface area contributed by atoms with Crippen LogP contribution in [0.1, 0.15) is 28.8 Å². The van der Waals surface area contributed by atoms with Crippen LogP contribution in [-0.4, -0.2) is 32.3 Å². The first-order valence-electron chi connectivity index (χ1n) is 6.16. The second-order valence-corrected chi connectivity index (χ2v) is 4.60. The first kappa shape index (κ1) is 13.1. The Bertz CT molecular complexity index is 396. The van der Waals surface area contributed by atoms with Crippen LogP contribution >= 0.6 is 0 Å². The van der Waals surface area contributed by atoms with E-state index in [9.17, 15) is 4.79 Å². The fourth-order valence-electron chi connectivity index (χ4n) is 2.06. The van der Waals surface area contributed by atoms with Crippen LogP contribution in [0, 0.1) is 0 Å². The van der Waals surface area contributed by atoms with Crippen molar-refractivity contribution < 1.29 is 14.3 Å². The Balaban J connectivity index is 1.78. The monoisotopic (exact) mass is 249 g/mol. The van der Waals surface area contributed by atoms with Crippen LogP contribution in [0.5, 0.6) is 0 Å². The van der Waals surface area contributed by atoms with Gasteiger partial charge in [0.25, 0.3) is 0 Å². The maximum atomic E-state index is 11.3. The van der Waals surface area contributed by atoms with Gasteiger partial charge in [0, 0.05) is 19.7 Å². The summed E-state index contributed by atoms with van der Waals surface area (Å²) in [5.74, 6) is -0.295. The van der Waals surface area contributed by atoms with Crippen molar-refractivity contribution in [1.29, 1.82) is 0 Å². The van der Waals surface area contributed by atoms with Gasteiger partial charge in [-0.1, -0.05) is 12.1 Å². The molecule has 4 nitrogen and oxygen atoms in total. The number of ether oxygens (including phenoxy) is 2. The molecule has 2 rings (SSSR count). The Hall–Kier alpha value is -1.39. The zero-order chi connectivity index (χ0) is 13.0. The van der Waals surface area contributed by atoms with Gasteiger partial charge in [-0.15, -0.1) is 0 Å². The minimum atomic E-state index is -0.295. The first-order valence-corrected chi connectivity index (χ1v) is 6.16. The lowest BCUT2D eigenvalue weighted by molar-refractivity contribution is 0.0170. The van der Waals surface area contributed by atoms with Crippen LogP contribution in [0.3, 0.4) is 0 Å². The van der Waals surface area contributed by atoms with E-state index in [1.54, 1.807) is 19.2 Å². The molecule has 0 unspecified atom stereocenters. The molecule has 18 heavy (non-hydrogen) atoms. The van der Waals surface area contributed by atoms with Gasteiger partial charge >= 0.3 is 5.97 Å². The molecule has 0 radical (unpaired) electrons. The molecule has 1 aromatic carbocycles.